The van der Waals surface area contributed by atoms with Crippen LogP contribution in [-0.2, 0) is 20.5 Å². The summed E-state index contributed by atoms with van der Waals surface area (Å²) >= 11 is 1.56. The Morgan fingerprint density at radius 1 is 1.65 bits per heavy atom. The summed E-state index contributed by atoms with van der Waals surface area (Å²) in [7, 11) is 0.124. The second kappa shape index (κ2) is 4.55. The SMILES string of the molecule is C[S+](C)CC1=C(C(=O)O)N2C(=O)C(N)[C@H]2SC1. The molecule has 94 valence electrons. The number of hydrogen-bond acceptors (Lipinski definition) is 4. The third-order valence-corrected chi connectivity index (χ3v) is 5.04. The second-order valence-corrected chi connectivity index (χ2v) is 7.69. The maximum Gasteiger partial charge on any atom is 0.352 e. The number of carboxylic acid groups (broad SMARTS) is 1. The fraction of sp³-hybridized carbons (Fsp3) is 0.600. The van der Waals surface area contributed by atoms with Gasteiger partial charge in [-0.05, 0) is 10.9 Å². The molecule has 0 radical (unpaired) electrons. The molecule has 2 heterocycles. The number of rotatable bonds is 3. The standard InChI is InChI=1S/C10H14N2O3S2/c1-17(2)4-5-3-16-9-6(11)8(13)12(9)7(5)10(14)15/h6,9H,3-4,11H2,1-2H3/p+1/t6?,9-/m1/s1. The smallest absolute Gasteiger partial charge is 0.352 e. The topological polar surface area (TPSA) is 83.6 Å². The summed E-state index contributed by atoms with van der Waals surface area (Å²) in [6.07, 6.45) is 4.12. The summed E-state index contributed by atoms with van der Waals surface area (Å²) in [5.74, 6) is 0.107. The largest absolute Gasteiger partial charge is 0.477 e. The molecule has 0 aromatic carbocycles. The Hall–Kier alpha value is -0.660. The molecule has 17 heavy (non-hydrogen) atoms. The molecular formula is C10H15N2O3S2+. The van der Waals surface area contributed by atoms with Crippen LogP contribution in [0.2, 0.25) is 0 Å². The van der Waals surface area contributed by atoms with Crippen LogP contribution in [0.3, 0.4) is 0 Å². The minimum atomic E-state index is -1.02. The minimum absolute atomic E-state index is 0.124. The fourth-order valence-electron chi connectivity index (χ4n) is 2.04. The number of carbonyl (C=O) groups excluding carboxylic acids is 1. The molecule has 2 aliphatic heterocycles. The van der Waals surface area contributed by atoms with Gasteiger partial charge < -0.3 is 10.8 Å². The molecular weight excluding hydrogens is 260 g/mol. The van der Waals surface area contributed by atoms with Gasteiger partial charge in [0.1, 0.15) is 22.9 Å². The molecule has 0 saturated carbocycles. The van der Waals surface area contributed by atoms with Crippen LogP contribution in [0.15, 0.2) is 11.3 Å². The highest BCUT2D eigenvalue weighted by Gasteiger charge is 2.52. The van der Waals surface area contributed by atoms with E-state index in [9.17, 15) is 14.7 Å². The van der Waals surface area contributed by atoms with Crippen LogP contribution in [0.25, 0.3) is 0 Å². The molecule has 1 amide bonds. The number of thioether (sulfide) groups is 1. The van der Waals surface area contributed by atoms with Crippen molar-refractivity contribution < 1.29 is 14.7 Å². The normalized spacial score (nSPS) is 28.2. The summed E-state index contributed by atoms with van der Waals surface area (Å²) in [5, 5.41) is 9.06. The molecule has 0 bridgehead atoms. The lowest BCUT2D eigenvalue weighted by Gasteiger charge is -2.47. The van der Waals surface area contributed by atoms with Gasteiger partial charge in [0.05, 0.1) is 12.5 Å². The van der Waals surface area contributed by atoms with Crippen molar-refractivity contribution in [2.75, 3.05) is 24.0 Å². The predicted molar refractivity (Wildman–Crippen MR) is 69.8 cm³/mol. The quantitative estimate of drug-likeness (QED) is 0.533. The molecule has 2 rings (SSSR count). The van der Waals surface area contributed by atoms with Gasteiger partial charge >= 0.3 is 5.97 Å². The van der Waals surface area contributed by atoms with Gasteiger partial charge in [-0.15, -0.1) is 11.8 Å². The Morgan fingerprint density at radius 2 is 2.29 bits per heavy atom. The monoisotopic (exact) mass is 275 g/mol. The third-order valence-electron chi connectivity index (χ3n) is 2.75. The highest BCUT2D eigenvalue weighted by Crippen LogP contribution is 2.39. The van der Waals surface area contributed by atoms with Crippen LogP contribution >= 0.6 is 11.8 Å². The summed E-state index contributed by atoms with van der Waals surface area (Å²) < 4.78 is 0. The van der Waals surface area contributed by atoms with Gasteiger partial charge in [-0.1, -0.05) is 0 Å². The molecule has 0 spiro atoms. The number of nitrogens with two attached hydrogens (primary N) is 1. The highest BCUT2D eigenvalue weighted by molar-refractivity contribution is 8.00. The predicted octanol–water partition coefficient (Wildman–Crippen LogP) is -0.555. The van der Waals surface area contributed by atoms with Crippen LogP contribution in [0.1, 0.15) is 0 Å². The molecule has 0 aromatic heterocycles. The maximum atomic E-state index is 11.6. The number of hydrogen-bond donors (Lipinski definition) is 2. The zero-order valence-electron chi connectivity index (χ0n) is 9.67. The van der Waals surface area contributed by atoms with E-state index in [1.807, 2.05) is 0 Å². The summed E-state index contributed by atoms with van der Waals surface area (Å²) in [4.78, 5) is 24.3. The Balaban J connectivity index is 2.33. The van der Waals surface area contributed by atoms with Crippen molar-refractivity contribution in [2.45, 2.75) is 11.4 Å². The van der Waals surface area contributed by atoms with Gasteiger partial charge in [0.25, 0.3) is 0 Å². The molecule has 7 heteroatoms. The number of aliphatic carboxylic acids is 1. The lowest BCUT2D eigenvalue weighted by atomic mass is 10.0. The van der Waals surface area contributed by atoms with Crippen molar-refractivity contribution in [3.05, 3.63) is 11.3 Å². The van der Waals surface area contributed by atoms with Crippen LogP contribution in [0.4, 0.5) is 0 Å². The van der Waals surface area contributed by atoms with Crippen LogP contribution < -0.4 is 5.73 Å². The van der Waals surface area contributed by atoms with E-state index < -0.39 is 12.0 Å². The lowest BCUT2D eigenvalue weighted by molar-refractivity contribution is -0.147. The first-order chi connectivity index (χ1) is 7.93. The number of β-lactam (4-membered cyclic amide) rings is 1. The summed E-state index contributed by atoms with van der Waals surface area (Å²) in [6, 6.07) is -0.544. The van der Waals surface area contributed by atoms with E-state index in [4.69, 9.17) is 5.73 Å². The Kier molecular flexibility index (Phi) is 3.42. The number of carbonyl (C=O) groups is 2. The van der Waals surface area contributed by atoms with Crippen LogP contribution in [-0.4, -0.2) is 57.3 Å². The second-order valence-electron chi connectivity index (χ2n) is 4.32. The fourth-order valence-corrected chi connectivity index (χ4v) is 4.40. The third kappa shape index (κ3) is 2.07. The van der Waals surface area contributed by atoms with E-state index in [0.29, 0.717) is 5.75 Å². The highest BCUT2D eigenvalue weighted by atomic mass is 32.2. The first kappa shape index (κ1) is 12.8. The Morgan fingerprint density at radius 3 is 2.82 bits per heavy atom. The van der Waals surface area contributed by atoms with Gasteiger partial charge in [-0.25, -0.2) is 4.79 Å². The summed E-state index contributed by atoms with van der Waals surface area (Å²) in [6.45, 7) is 0. The van der Waals surface area contributed by atoms with E-state index >= 15 is 0 Å². The van der Waals surface area contributed by atoms with E-state index in [1.165, 1.54) is 4.90 Å². The van der Waals surface area contributed by atoms with Gasteiger partial charge in [-0.2, -0.15) is 0 Å². The van der Waals surface area contributed by atoms with Crippen molar-refractivity contribution in [2.24, 2.45) is 5.73 Å². The van der Waals surface area contributed by atoms with E-state index in [2.05, 4.69) is 12.5 Å². The zero-order valence-corrected chi connectivity index (χ0v) is 11.3. The van der Waals surface area contributed by atoms with Gasteiger partial charge in [-0.3, -0.25) is 9.69 Å². The van der Waals surface area contributed by atoms with Crippen molar-refractivity contribution >= 4 is 34.5 Å². The average molecular weight is 275 g/mol. The van der Waals surface area contributed by atoms with Gasteiger partial charge in [0.15, 0.2) is 0 Å². The number of nitrogens with zero attached hydrogens (tertiary/aromatic N) is 1. The first-order valence-electron chi connectivity index (χ1n) is 5.13. The molecule has 5 nitrogen and oxygen atoms in total. The van der Waals surface area contributed by atoms with Crippen LogP contribution in [0, 0.1) is 0 Å². The van der Waals surface area contributed by atoms with E-state index in [-0.39, 0.29) is 27.9 Å². The van der Waals surface area contributed by atoms with Gasteiger partial charge in [0, 0.05) is 11.3 Å². The molecule has 1 fully saturated rings. The van der Waals surface area contributed by atoms with E-state index in [0.717, 1.165) is 11.3 Å². The summed E-state index contributed by atoms with van der Waals surface area (Å²) in [5.41, 5.74) is 6.68. The molecule has 1 saturated heterocycles. The lowest BCUT2D eigenvalue weighted by Crippen LogP contribution is -2.68. The number of carboxylic acids is 1. The van der Waals surface area contributed by atoms with E-state index in [1.54, 1.807) is 11.8 Å². The Labute approximate surface area is 107 Å². The number of fused-ring (bicyclic) bond motifs is 1. The van der Waals surface area contributed by atoms with Gasteiger partial charge in [0.2, 0.25) is 5.91 Å². The molecule has 2 atom stereocenters. The van der Waals surface area contributed by atoms with Crippen molar-refractivity contribution in [1.82, 2.24) is 4.90 Å². The van der Waals surface area contributed by atoms with Crippen LogP contribution in [0.5, 0.6) is 0 Å². The minimum Gasteiger partial charge on any atom is -0.477 e. The molecule has 3 N–H and O–H groups in total. The van der Waals surface area contributed by atoms with Crippen molar-refractivity contribution in [3.8, 4) is 0 Å². The average Bonchev–Trinajstić information content (AvgIpc) is 2.26. The molecule has 0 aliphatic carbocycles. The molecule has 1 unspecified atom stereocenters. The maximum absolute atomic E-state index is 11.6. The zero-order chi connectivity index (χ0) is 12.7. The number of amides is 1. The first-order valence-corrected chi connectivity index (χ1v) is 8.39. The van der Waals surface area contributed by atoms with Crippen molar-refractivity contribution in [1.29, 1.82) is 0 Å². The molecule has 0 aromatic rings. The Bertz CT molecular complexity index is 408. The molecule has 2 aliphatic rings. The van der Waals surface area contributed by atoms with Crippen molar-refractivity contribution in [3.63, 3.8) is 0 Å².